The fourth-order valence-corrected chi connectivity index (χ4v) is 4.56. The normalized spacial score (nSPS) is 18.7. The van der Waals surface area contributed by atoms with Gasteiger partial charge in [-0.15, -0.1) is 0 Å². The van der Waals surface area contributed by atoms with Crippen molar-refractivity contribution in [2.75, 3.05) is 6.61 Å². The van der Waals surface area contributed by atoms with E-state index in [-0.39, 0.29) is 33.9 Å². The van der Waals surface area contributed by atoms with Gasteiger partial charge in [0.25, 0.3) is 5.56 Å². The molecule has 3 aromatic heterocycles. The number of aromatic nitrogens is 5. The van der Waals surface area contributed by atoms with Gasteiger partial charge in [0, 0.05) is 54.7 Å². The summed E-state index contributed by atoms with van der Waals surface area (Å²) < 4.78 is 24.1. The number of halogens is 2. The quantitative estimate of drug-likeness (QED) is 0.444. The Morgan fingerprint density at radius 3 is 2.76 bits per heavy atom. The molecule has 1 aliphatic heterocycles. The molecule has 9 heteroatoms. The van der Waals surface area contributed by atoms with E-state index in [4.69, 9.17) is 21.3 Å². The summed E-state index contributed by atoms with van der Waals surface area (Å²) in [6, 6.07) is 6.25. The molecule has 0 bridgehead atoms. The first kappa shape index (κ1) is 21.7. The lowest BCUT2D eigenvalue weighted by Crippen LogP contribution is -2.23. The third kappa shape index (κ3) is 3.94. The van der Waals surface area contributed by atoms with Crippen molar-refractivity contribution in [3.63, 3.8) is 0 Å². The lowest BCUT2D eigenvalue weighted by Gasteiger charge is -2.29. The van der Waals surface area contributed by atoms with Crippen LogP contribution in [0.3, 0.4) is 0 Å². The predicted molar refractivity (Wildman–Crippen MR) is 124 cm³/mol. The number of nitrogens with zero attached hydrogens (tertiary/aromatic N) is 5. The molecule has 4 heterocycles. The summed E-state index contributed by atoms with van der Waals surface area (Å²) in [5.41, 5.74) is 2.54. The second kappa shape index (κ2) is 8.35. The van der Waals surface area contributed by atoms with Gasteiger partial charge >= 0.3 is 0 Å². The predicted octanol–water partition coefficient (Wildman–Crippen LogP) is 4.47. The van der Waals surface area contributed by atoms with Crippen LogP contribution in [-0.4, -0.2) is 30.9 Å². The molecule has 4 aromatic rings. The fourth-order valence-electron chi connectivity index (χ4n) is 4.40. The summed E-state index contributed by atoms with van der Waals surface area (Å²) in [6.45, 7) is 2.34. The van der Waals surface area contributed by atoms with Gasteiger partial charge in [0.2, 0.25) is 0 Å². The summed E-state index contributed by atoms with van der Waals surface area (Å²) in [7, 11) is 3.52. The summed E-state index contributed by atoms with van der Waals surface area (Å²) >= 11 is 5.97. The molecule has 2 atom stereocenters. The number of hydrogen-bond acceptors (Lipinski definition) is 5. The van der Waals surface area contributed by atoms with Gasteiger partial charge in [0.15, 0.2) is 0 Å². The monoisotopic (exact) mass is 467 g/mol. The van der Waals surface area contributed by atoms with Crippen molar-refractivity contribution in [3.05, 3.63) is 74.9 Å². The Morgan fingerprint density at radius 2 is 2.03 bits per heavy atom. The van der Waals surface area contributed by atoms with E-state index in [2.05, 4.69) is 10.1 Å². The number of hydrogen-bond donors (Lipinski definition) is 0. The number of fused-ring (bicyclic) bond motifs is 1. The van der Waals surface area contributed by atoms with Crippen LogP contribution in [-0.2, 0) is 18.8 Å². The van der Waals surface area contributed by atoms with E-state index in [9.17, 15) is 9.18 Å². The highest BCUT2D eigenvalue weighted by Gasteiger charge is 2.28. The maximum atomic E-state index is 15.0. The third-order valence-electron chi connectivity index (χ3n) is 6.29. The Labute approximate surface area is 194 Å². The first-order valence-corrected chi connectivity index (χ1v) is 11.1. The molecule has 2 unspecified atom stereocenters. The zero-order valence-corrected chi connectivity index (χ0v) is 19.3. The zero-order valence-electron chi connectivity index (χ0n) is 18.5. The second-order valence-electron chi connectivity index (χ2n) is 8.47. The molecule has 1 fully saturated rings. The van der Waals surface area contributed by atoms with Crippen LogP contribution in [0, 0.1) is 12.7 Å². The third-order valence-corrected chi connectivity index (χ3v) is 6.52. The Bertz CT molecular complexity index is 1430. The smallest absolute Gasteiger partial charge is 0.263 e. The van der Waals surface area contributed by atoms with Crippen molar-refractivity contribution < 1.29 is 9.13 Å². The number of aryl methyl sites for hydroxylation is 2. The van der Waals surface area contributed by atoms with E-state index in [1.807, 2.05) is 25.5 Å². The van der Waals surface area contributed by atoms with E-state index in [0.29, 0.717) is 29.8 Å². The SMILES string of the molecule is Cc1nc2cc(C3CCOC(c4cnn(C)c4)C3)nc(-c3ccc(Cl)cc3F)c2c(=O)n1C. The van der Waals surface area contributed by atoms with Crippen molar-refractivity contribution in [1.82, 2.24) is 24.3 Å². The Balaban J connectivity index is 1.67. The number of ether oxygens (including phenoxy) is 1. The van der Waals surface area contributed by atoms with Crippen LogP contribution >= 0.6 is 11.6 Å². The van der Waals surface area contributed by atoms with Gasteiger partial charge in [-0.1, -0.05) is 11.6 Å². The molecule has 0 radical (unpaired) electrons. The summed E-state index contributed by atoms with van der Waals surface area (Å²) in [4.78, 5) is 22.6. The molecular formula is C24H23ClFN5O2. The van der Waals surface area contributed by atoms with E-state index >= 15 is 0 Å². The largest absolute Gasteiger partial charge is 0.373 e. The van der Waals surface area contributed by atoms with Crippen molar-refractivity contribution in [2.24, 2.45) is 14.1 Å². The molecule has 33 heavy (non-hydrogen) atoms. The van der Waals surface area contributed by atoms with Gasteiger partial charge in [-0.2, -0.15) is 5.10 Å². The van der Waals surface area contributed by atoms with Crippen LogP contribution in [0.1, 0.15) is 41.9 Å². The van der Waals surface area contributed by atoms with Crippen LogP contribution < -0.4 is 5.56 Å². The molecule has 1 aromatic carbocycles. The molecule has 1 saturated heterocycles. The van der Waals surface area contributed by atoms with Crippen LogP contribution in [0.5, 0.6) is 0 Å². The Hall–Kier alpha value is -3.10. The molecule has 0 N–H and O–H groups in total. The molecular weight excluding hydrogens is 445 g/mol. The van der Waals surface area contributed by atoms with Crippen molar-refractivity contribution in [2.45, 2.75) is 31.8 Å². The summed E-state index contributed by atoms with van der Waals surface area (Å²) in [5, 5.41) is 4.83. The second-order valence-corrected chi connectivity index (χ2v) is 8.90. The summed E-state index contributed by atoms with van der Waals surface area (Å²) in [6.07, 6.45) is 5.12. The van der Waals surface area contributed by atoms with E-state index in [1.165, 1.54) is 10.6 Å². The molecule has 0 saturated carbocycles. The van der Waals surface area contributed by atoms with Gasteiger partial charge in [-0.3, -0.25) is 19.0 Å². The van der Waals surface area contributed by atoms with Gasteiger partial charge in [-0.25, -0.2) is 9.37 Å². The van der Waals surface area contributed by atoms with Crippen molar-refractivity contribution in [3.8, 4) is 11.3 Å². The Morgan fingerprint density at radius 1 is 1.21 bits per heavy atom. The fraction of sp³-hybridized carbons (Fsp3) is 0.333. The molecule has 170 valence electrons. The summed E-state index contributed by atoms with van der Waals surface area (Å²) in [5.74, 6) is 0.109. The maximum Gasteiger partial charge on any atom is 0.263 e. The lowest BCUT2D eigenvalue weighted by atomic mass is 9.89. The van der Waals surface area contributed by atoms with Crippen LogP contribution in [0.2, 0.25) is 5.02 Å². The van der Waals surface area contributed by atoms with Crippen molar-refractivity contribution >= 4 is 22.5 Å². The van der Waals surface area contributed by atoms with E-state index in [0.717, 1.165) is 17.7 Å². The van der Waals surface area contributed by atoms with E-state index in [1.54, 1.807) is 30.8 Å². The lowest BCUT2D eigenvalue weighted by molar-refractivity contribution is 0.00464. The first-order chi connectivity index (χ1) is 15.8. The zero-order chi connectivity index (χ0) is 23.3. The standard InChI is InChI=1S/C24H23ClFN5O2/c1-13-28-20-10-19(14-6-7-33-21(8-14)15-11-27-30(2)12-15)29-23(22(20)24(32)31(13)3)17-5-4-16(25)9-18(17)26/h4-5,9-12,14,21H,6-8H2,1-3H3. The van der Waals surface area contributed by atoms with Crippen molar-refractivity contribution in [1.29, 1.82) is 0 Å². The first-order valence-electron chi connectivity index (χ1n) is 10.8. The average Bonchev–Trinajstić information content (AvgIpc) is 3.23. The minimum Gasteiger partial charge on any atom is -0.373 e. The average molecular weight is 468 g/mol. The molecule has 0 spiro atoms. The Kier molecular flexibility index (Phi) is 5.50. The molecule has 5 rings (SSSR count). The van der Waals surface area contributed by atoms with E-state index < -0.39 is 5.82 Å². The molecule has 0 aliphatic carbocycles. The minimum absolute atomic E-state index is 0.0635. The van der Waals surface area contributed by atoms with Crippen LogP contribution in [0.4, 0.5) is 4.39 Å². The number of benzene rings is 1. The van der Waals surface area contributed by atoms with Gasteiger partial charge in [0.1, 0.15) is 11.6 Å². The highest BCUT2D eigenvalue weighted by molar-refractivity contribution is 6.30. The van der Waals surface area contributed by atoms with Gasteiger partial charge < -0.3 is 4.74 Å². The van der Waals surface area contributed by atoms with Gasteiger partial charge in [-0.05, 0) is 44.0 Å². The molecule has 1 aliphatic rings. The number of rotatable bonds is 3. The minimum atomic E-state index is -0.531. The molecule has 7 nitrogen and oxygen atoms in total. The number of pyridine rings is 1. The van der Waals surface area contributed by atoms with Gasteiger partial charge in [0.05, 0.1) is 28.9 Å². The molecule has 0 amide bonds. The maximum absolute atomic E-state index is 15.0. The van der Waals surface area contributed by atoms with Crippen LogP contribution in [0.15, 0.2) is 41.5 Å². The highest BCUT2D eigenvalue weighted by Crippen LogP contribution is 2.39. The highest BCUT2D eigenvalue weighted by atomic mass is 35.5. The van der Waals surface area contributed by atoms with Crippen LogP contribution in [0.25, 0.3) is 22.2 Å². The topological polar surface area (TPSA) is 74.8 Å².